The van der Waals surface area contributed by atoms with Crippen LogP contribution in [0.15, 0.2) is 35.3 Å². The lowest BCUT2D eigenvalue weighted by atomic mass is 9.99. The highest BCUT2D eigenvalue weighted by molar-refractivity contribution is 5.81. The number of aliphatic hydroxyl groups excluding tert-OH is 1. The van der Waals surface area contributed by atoms with E-state index in [9.17, 15) is 14.7 Å². The first kappa shape index (κ1) is 14.7. The standard InChI is InChI=1S/C16H19N3O3/c20-11-12-4-3-7-18(9-12)16(22)10-19-14-6-2-1-5-13(14)15(21)8-17-19/h1-2,5-6,8,12,20H,3-4,7,9-11H2. The van der Waals surface area contributed by atoms with E-state index in [2.05, 4.69) is 5.10 Å². The topological polar surface area (TPSA) is 75.4 Å². The summed E-state index contributed by atoms with van der Waals surface area (Å²) in [4.78, 5) is 26.0. The molecule has 1 N–H and O–H groups in total. The lowest BCUT2D eigenvalue weighted by molar-refractivity contribution is -0.134. The highest BCUT2D eigenvalue weighted by Gasteiger charge is 2.23. The Balaban J connectivity index is 1.83. The van der Waals surface area contributed by atoms with E-state index < -0.39 is 0 Å². The molecule has 0 saturated carbocycles. The molecule has 1 atom stereocenters. The van der Waals surface area contributed by atoms with Crippen LogP contribution in [-0.4, -0.2) is 45.4 Å². The number of rotatable bonds is 3. The van der Waals surface area contributed by atoms with Crippen molar-refractivity contribution in [1.29, 1.82) is 0 Å². The molecule has 1 fully saturated rings. The number of carbonyl (C=O) groups is 1. The molecular formula is C16H19N3O3. The third kappa shape index (κ3) is 2.87. The number of aliphatic hydroxyl groups is 1. The van der Waals surface area contributed by atoms with E-state index in [4.69, 9.17) is 0 Å². The molecule has 6 heteroatoms. The van der Waals surface area contributed by atoms with Crippen molar-refractivity contribution in [3.05, 3.63) is 40.7 Å². The van der Waals surface area contributed by atoms with E-state index in [0.29, 0.717) is 24.0 Å². The van der Waals surface area contributed by atoms with E-state index in [1.807, 2.05) is 6.07 Å². The minimum absolute atomic E-state index is 0.0283. The van der Waals surface area contributed by atoms with Gasteiger partial charge in [-0.3, -0.25) is 14.3 Å². The van der Waals surface area contributed by atoms with Crippen molar-refractivity contribution in [3.8, 4) is 0 Å². The number of nitrogens with zero attached hydrogens (tertiary/aromatic N) is 3. The van der Waals surface area contributed by atoms with Gasteiger partial charge in [-0.2, -0.15) is 5.10 Å². The van der Waals surface area contributed by atoms with Crippen LogP contribution in [0.25, 0.3) is 10.9 Å². The monoisotopic (exact) mass is 301 g/mol. The first-order valence-corrected chi connectivity index (χ1v) is 7.52. The van der Waals surface area contributed by atoms with Gasteiger partial charge in [0, 0.05) is 25.1 Å². The quantitative estimate of drug-likeness (QED) is 0.902. The molecule has 1 saturated heterocycles. The molecule has 6 nitrogen and oxygen atoms in total. The number of hydrogen-bond donors (Lipinski definition) is 1. The van der Waals surface area contributed by atoms with Gasteiger partial charge in [0.1, 0.15) is 6.54 Å². The molecule has 116 valence electrons. The average Bonchev–Trinajstić information content (AvgIpc) is 2.57. The molecular weight excluding hydrogens is 282 g/mol. The third-order valence-corrected chi connectivity index (χ3v) is 4.18. The van der Waals surface area contributed by atoms with E-state index in [1.54, 1.807) is 27.8 Å². The lowest BCUT2D eigenvalue weighted by Gasteiger charge is -2.32. The Morgan fingerprint density at radius 3 is 3.00 bits per heavy atom. The Kier molecular flexibility index (Phi) is 4.20. The van der Waals surface area contributed by atoms with Gasteiger partial charge in [0.15, 0.2) is 0 Å². The Morgan fingerprint density at radius 2 is 2.18 bits per heavy atom. The van der Waals surface area contributed by atoms with Crippen LogP contribution in [-0.2, 0) is 11.3 Å². The summed E-state index contributed by atoms with van der Waals surface area (Å²) in [5.74, 6) is 0.135. The maximum absolute atomic E-state index is 12.5. The molecule has 1 unspecified atom stereocenters. The Labute approximate surface area is 128 Å². The van der Waals surface area contributed by atoms with Gasteiger partial charge in [0.25, 0.3) is 0 Å². The zero-order chi connectivity index (χ0) is 15.5. The molecule has 2 heterocycles. The second-order valence-corrected chi connectivity index (χ2v) is 5.71. The second kappa shape index (κ2) is 6.27. The van der Waals surface area contributed by atoms with Crippen LogP contribution < -0.4 is 5.43 Å². The number of amides is 1. The van der Waals surface area contributed by atoms with Crippen molar-refractivity contribution in [1.82, 2.24) is 14.7 Å². The zero-order valence-corrected chi connectivity index (χ0v) is 12.3. The highest BCUT2D eigenvalue weighted by Crippen LogP contribution is 2.16. The number of para-hydroxylation sites is 1. The molecule has 1 aromatic heterocycles. The van der Waals surface area contributed by atoms with Gasteiger partial charge in [-0.1, -0.05) is 12.1 Å². The first-order chi connectivity index (χ1) is 10.7. The number of aromatic nitrogens is 2. The van der Waals surface area contributed by atoms with Gasteiger partial charge in [-0.05, 0) is 30.9 Å². The van der Waals surface area contributed by atoms with Crippen LogP contribution in [0.1, 0.15) is 12.8 Å². The van der Waals surface area contributed by atoms with Crippen LogP contribution in [0, 0.1) is 5.92 Å². The molecule has 0 spiro atoms. The fourth-order valence-electron chi connectivity index (χ4n) is 2.96. The van der Waals surface area contributed by atoms with Crippen LogP contribution >= 0.6 is 0 Å². The van der Waals surface area contributed by atoms with Gasteiger partial charge in [-0.25, -0.2) is 0 Å². The minimum atomic E-state index is -0.141. The van der Waals surface area contributed by atoms with Gasteiger partial charge >= 0.3 is 0 Å². The lowest BCUT2D eigenvalue weighted by Crippen LogP contribution is -2.42. The number of carbonyl (C=O) groups excluding carboxylic acids is 1. The van der Waals surface area contributed by atoms with Crippen molar-refractivity contribution in [2.45, 2.75) is 19.4 Å². The predicted octanol–water partition coefficient (Wildman–Crippen LogP) is 0.627. The number of fused-ring (bicyclic) bond motifs is 1. The Bertz CT molecular complexity index is 741. The van der Waals surface area contributed by atoms with E-state index in [0.717, 1.165) is 12.8 Å². The summed E-state index contributed by atoms with van der Waals surface area (Å²) in [6.07, 6.45) is 3.12. The molecule has 2 aromatic rings. The largest absolute Gasteiger partial charge is 0.396 e. The fourth-order valence-corrected chi connectivity index (χ4v) is 2.96. The van der Waals surface area contributed by atoms with Crippen molar-refractivity contribution in [2.24, 2.45) is 5.92 Å². The smallest absolute Gasteiger partial charge is 0.244 e. The molecule has 0 bridgehead atoms. The van der Waals surface area contributed by atoms with Gasteiger partial charge in [0.2, 0.25) is 11.3 Å². The van der Waals surface area contributed by atoms with Crippen molar-refractivity contribution < 1.29 is 9.90 Å². The van der Waals surface area contributed by atoms with Gasteiger partial charge < -0.3 is 10.0 Å². The molecule has 0 aliphatic carbocycles. The maximum Gasteiger partial charge on any atom is 0.244 e. The van der Waals surface area contributed by atoms with Crippen LogP contribution in [0.4, 0.5) is 0 Å². The zero-order valence-electron chi connectivity index (χ0n) is 12.3. The number of hydrogen-bond acceptors (Lipinski definition) is 4. The molecule has 22 heavy (non-hydrogen) atoms. The molecule has 1 aromatic carbocycles. The second-order valence-electron chi connectivity index (χ2n) is 5.71. The normalized spacial score (nSPS) is 18.6. The van der Waals surface area contributed by atoms with E-state index in [1.165, 1.54) is 6.20 Å². The van der Waals surface area contributed by atoms with E-state index >= 15 is 0 Å². The number of likely N-dealkylation sites (tertiary alicyclic amines) is 1. The van der Waals surface area contributed by atoms with E-state index in [-0.39, 0.29) is 30.4 Å². The summed E-state index contributed by atoms with van der Waals surface area (Å²) >= 11 is 0. The summed E-state index contributed by atoms with van der Waals surface area (Å²) in [5, 5.41) is 13.9. The van der Waals surface area contributed by atoms with Crippen molar-refractivity contribution in [2.75, 3.05) is 19.7 Å². The average molecular weight is 301 g/mol. The minimum Gasteiger partial charge on any atom is -0.396 e. The maximum atomic E-state index is 12.5. The fraction of sp³-hybridized carbons (Fsp3) is 0.438. The molecule has 1 aliphatic heterocycles. The molecule has 0 radical (unpaired) electrons. The molecule has 1 amide bonds. The van der Waals surface area contributed by atoms with Gasteiger partial charge in [-0.15, -0.1) is 0 Å². The first-order valence-electron chi connectivity index (χ1n) is 7.52. The summed E-state index contributed by atoms with van der Waals surface area (Å²) in [7, 11) is 0. The Hall–Kier alpha value is -2.21. The summed E-state index contributed by atoms with van der Waals surface area (Å²) in [5.41, 5.74) is 0.525. The SMILES string of the molecule is O=C(Cn1ncc(=O)c2ccccc21)N1CCCC(CO)C1. The highest BCUT2D eigenvalue weighted by atomic mass is 16.3. The summed E-state index contributed by atoms with van der Waals surface area (Å²) in [6, 6.07) is 7.16. The van der Waals surface area contributed by atoms with Crippen molar-refractivity contribution in [3.63, 3.8) is 0 Å². The molecule has 3 rings (SSSR count). The summed E-state index contributed by atoms with van der Waals surface area (Å²) in [6.45, 7) is 1.53. The van der Waals surface area contributed by atoms with Crippen LogP contribution in [0.2, 0.25) is 0 Å². The van der Waals surface area contributed by atoms with Crippen LogP contribution in [0.5, 0.6) is 0 Å². The predicted molar refractivity (Wildman–Crippen MR) is 82.4 cm³/mol. The number of piperidine rings is 1. The van der Waals surface area contributed by atoms with Crippen LogP contribution in [0.3, 0.4) is 0 Å². The molecule has 1 aliphatic rings. The Morgan fingerprint density at radius 1 is 1.36 bits per heavy atom. The number of benzene rings is 1. The summed E-state index contributed by atoms with van der Waals surface area (Å²) < 4.78 is 1.57. The third-order valence-electron chi connectivity index (χ3n) is 4.18. The van der Waals surface area contributed by atoms with Gasteiger partial charge in [0.05, 0.1) is 11.7 Å². The van der Waals surface area contributed by atoms with Crippen molar-refractivity contribution >= 4 is 16.8 Å².